The van der Waals surface area contributed by atoms with E-state index in [-0.39, 0.29) is 0 Å². The first-order valence-corrected chi connectivity index (χ1v) is 5.36. The molecule has 0 saturated carbocycles. The number of rotatable bonds is 3. The van der Waals surface area contributed by atoms with E-state index in [2.05, 4.69) is 16.4 Å². The summed E-state index contributed by atoms with van der Waals surface area (Å²) in [4.78, 5) is 4.27. The average Bonchev–Trinajstić information content (AvgIpc) is 2.66. The van der Waals surface area contributed by atoms with Crippen LogP contribution in [-0.4, -0.2) is 4.98 Å². The standard InChI is InChI=1S/C13H13N3O/c1-9-10(2)17-13(16-9)8-15-12-6-4-3-5-11(12)7-14/h3-6,15H,8H2,1-2H3. The van der Waals surface area contributed by atoms with Crippen LogP contribution in [0.15, 0.2) is 28.7 Å². The lowest BCUT2D eigenvalue weighted by atomic mass is 10.2. The number of benzene rings is 1. The van der Waals surface area contributed by atoms with Crippen molar-refractivity contribution in [2.24, 2.45) is 0 Å². The molecule has 0 aliphatic carbocycles. The van der Waals surface area contributed by atoms with Gasteiger partial charge in [0, 0.05) is 0 Å². The lowest BCUT2D eigenvalue weighted by Gasteiger charge is -2.04. The van der Waals surface area contributed by atoms with Crippen molar-refractivity contribution in [3.63, 3.8) is 0 Å². The van der Waals surface area contributed by atoms with Gasteiger partial charge in [0.1, 0.15) is 11.8 Å². The Morgan fingerprint density at radius 1 is 1.35 bits per heavy atom. The molecule has 0 bridgehead atoms. The minimum Gasteiger partial charge on any atom is -0.444 e. The van der Waals surface area contributed by atoms with Crippen LogP contribution in [0.3, 0.4) is 0 Å². The number of hydrogen-bond donors (Lipinski definition) is 1. The molecule has 1 aromatic carbocycles. The van der Waals surface area contributed by atoms with E-state index in [1.807, 2.05) is 32.0 Å². The summed E-state index contributed by atoms with van der Waals surface area (Å²) in [5, 5.41) is 12.1. The van der Waals surface area contributed by atoms with Crippen LogP contribution in [-0.2, 0) is 6.54 Å². The zero-order valence-corrected chi connectivity index (χ0v) is 9.82. The van der Waals surface area contributed by atoms with E-state index in [9.17, 15) is 0 Å². The van der Waals surface area contributed by atoms with E-state index in [4.69, 9.17) is 9.68 Å². The molecule has 4 heteroatoms. The summed E-state index contributed by atoms with van der Waals surface area (Å²) in [7, 11) is 0. The first kappa shape index (κ1) is 11.2. The quantitative estimate of drug-likeness (QED) is 0.875. The zero-order valence-electron chi connectivity index (χ0n) is 9.82. The fourth-order valence-electron chi connectivity index (χ4n) is 1.52. The first-order chi connectivity index (χ1) is 8.20. The maximum atomic E-state index is 8.93. The van der Waals surface area contributed by atoms with Gasteiger partial charge >= 0.3 is 0 Å². The Labute approximate surface area is 99.9 Å². The second kappa shape index (κ2) is 4.71. The molecule has 0 aliphatic heterocycles. The van der Waals surface area contributed by atoms with Crippen LogP contribution < -0.4 is 5.32 Å². The van der Waals surface area contributed by atoms with E-state index >= 15 is 0 Å². The highest BCUT2D eigenvalue weighted by atomic mass is 16.4. The predicted molar refractivity (Wildman–Crippen MR) is 64.5 cm³/mol. The van der Waals surface area contributed by atoms with E-state index < -0.39 is 0 Å². The molecule has 1 heterocycles. The van der Waals surface area contributed by atoms with Gasteiger partial charge in [-0.15, -0.1) is 0 Å². The van der Waals surface area contributed by atoms with Gasteiger partial charge in [0.05, 0.1) is 23.5 Å². The maximum Gasteiger partial charge on any atom is 0.213 e. The third-order valence-electron chi connectivity index (χ3n) is 2.55. The van der Waals surface area contributed by atoms with E-state index in [0.717, 1.165) is 17.1 Å². The Kier molecular flexibility index (Phi) is 3.10. The Balaban J connectivity index is 2.10. The number of oxazole rings is 1. The van der Waals surface area contributed by atoms with Crippen molar-refractivity contribution in [3.05, 3.63) is 47.2 Å². The van der Waals surface area contributed by atoms with Crippen molar-refractivity contribution >= 4 is 5.69 Å². The lowest BCUT2D eigenvalue weighted by Crippen LogP contribution is -2.01. The number of hydrogen-bond acceptors (Lipinski definition) is 4. The molecule has 0 unspecified atom stereocenters. The van der Waals surface area contributed by atoms with Gasteiger partial charge in [-0.05, 0) is 26.0 Å². The number of nitrogens with zero attached hydrogens (tertiary/aromatic N) is 2. The molecule has 86 valence electrons. The van der Waals surface area contributed by atoms with Gasteiger partial charge in [-0.3, -0.25) is 0 Å². The number of nitriles is 1. The summed E-state index contributed by atoms with van der Waals surface area (Å²) in [5.41, 5.74) is 2.31. The summed E-state index contributed by atoms with van der Waals surface area (Å²) in [5.74, 6) is 1.46. The molecule has 1 aromatic heterocycles. The van der Waals surface area contributed by atoms with Gasteiger partial charge in [0.25, 0.3) is 0 Å². The predicted octanol–water partition coefficient (Wildman–Crippen LogP) is 2.78. The number of para-hydroxylation sites is 1. The Morgan fingerprint density at radius 3 is 2.76 bits per heavy atom. The minimum atomic E-state index is 0.480. The number of aromatic nitrogens is 1. The van der Waals surface area contributed by atoms with E-state index in [0.29, 0.717) is 18.0 Å². The Bertz CT molecular complexity index is 547. The van der Waals surface area contributed by atoms with Crippen molar-refractivity contribution < 1.29 is 4.42 Å². The minimum absolute atomic E-state index is 0.480. The Hall–Kier alpha value is -2.28. The van der Waals surface area contributed by atoms with Crippen LogP contribution in [0.1, 0.15) is 22.9 Å². The molecule has 0 saturated heterocycles. The van der Waals surface area contributed by atoms with Crippen LogP contribution in [0, 0.1) is 25.2 Å². The molecule has 4 nitrogen and oxygen atoms in total. The van der Waals surface area contributed by atoms with Gasteiger partial charge in [-0.25, -0.2) is 4.98 Å². The molecular formula is C13H13N3O. The van der Waals surface area contributed by atoms with Crippen LogP contribution >= 0.6 is 0 Å². The second-order valence-corrected chi connectivity index (χ2v) is 3.76. The molecule has 0 spiro atoms. The highest BCUT2D eigenvalue weighted by Gasteiger charge is 2.06. The zero-order chi connectivity index (χ0) is 12.3. The smallest absolute Gasteiger partial charge is 0.213 e. The fourth-order valence-corrected chi connectivity index (χ4v) is 1.52. The largest absolute Gasteiger partial charge is 0.444 e. The molecule has 0 amide bonds. The molecule has 0 atom stereocenters. The van der Waals surface area contributed by atoms with Crippen LogP contribution in [0.5, 0.6) is 0 Å². The fraction of sp³-hybridized carbons (Fsp3) is 0.231. The topological polar surface area (TPSA) is 61.9 Å². The van der Waals surface area contributed by atoms with Gasteiger partial charge in [0.2, 0.25) is 5.89 Å². The van der Waals surface area contributed by atoms with Gasteiger partial charge in [-0.1, -0.05) is 12.1 Å². The first-order valence-electron chi connectivity index (χ1n) is 5.36. The highest BCUT2D eigenvalue weighted by molar-refractivity contribution is 5.56. The molecule has 17 heavy (non-hydrogen) atoms. The second-order valence-electron chi connectivity index (χ2n) is 3.76. The van der Waals surface area contributed by atoms with Crippen molar-refractivity contribution in [3.8, 4) is 6.07 Å². The molecule has 0 radical (unpaired) electrons. The third-order valence-corrected chi connectivity index (χ3v) is 2.55. The van der Waals surface area contributed by atoms with Crippen molar-refractivity contribution in [2.45, 2.75) is 20.4 Å². The maximum absolute atomic E-state index is 8.93. The molecule has 0 aliphatic rings. The van der Waals surface area contributed by atoms with Gasteiger partial charge in [-0.2, -0.15) is 5.26 Å². The molecule has 0 fully saturated rings. The summed E-state index contributed by atoms with van der Waals surface area (Å²) in [6.45, 7) is 4.27. The molecule has 1 N–H and O–H groups in total. The van der Waals surface area contributed by atoms with Crippen LogP contribution in [0.2, 0.25) is 0 Å². The highest BCUT2D eigenvalue weighted by Crippen LogP contribution is 2.15. The molecule has 2 rings (SSSR count). The van der Waals surface area contributed by atoms with Crippen LogP contribution in [0.4, 0.5) is 5.69 Å². The SMILES string of the molecule is Cc1nc(CNc2ccccc2C#N)oc1C. The van der Waals surface area contributed by atoms with E-state index in [1.165, 1.54) is 0 Å². The van der Waals surface area contributed by atoms with Gasteiger partial charge < -0.3 is 9.73 Å². The molecular weight excluding hydrogens is 214 g/mol. The normalized spacial score (nSPS) is 9.94. The third kappa shape index (κ3) is 2.45. The Morgan fingerprint density at radius 2 is 2.12 bits per heavy atom. The van der Waals surface area contributed by atoms with Crippen LogP contribution in [0.25, 0.3) is 0 Å². The lowest BCUT2D eigenvalue weighted by molar-refractivity contribution is 0.478. The summed E-state index contributed by atoms with van der Waals surface area (Å²) >= 11 is 0. The number of aryl methyl sites for hydroxylation is 2. The van der Waals surface area contributed by atoms with Gasteiger partial charge in [0.15, 0.2) is 0 Å². The molecule has 2 aromatic rings. The van der Waals surface area contributed by atoms with E-state index in [1.54, 1.807) is 6.07 Å². The van der Waals surface area contributed by atoms with Crippen molar-refractivity contribution in [1.82, 2.24) is 4.98 Å². The van der Waals surface area contributed by atoms with Crippen molar-refractivity contribution in [1.29, 1.82) is 5.26 Å². The summed E-state index contributed by atoms with van der Waals surface area (Å²) < 4.78 is 5.45. The summed E-state index contributed by atoms with van der Waals surface area (Å²) in [6, 6.07) is 9.49. The monoisotopic (exact) mass is 227 g/mol. The number of anilines is 1. The number of nitrogens with one attached hydrogen (secondary N) is 1. The summed E-state index contributed by atoms with van der Waals surface area (Å²) in [6.07, 6.45) is 0. The van der Waals surface area contributed by atoms with Crippen molar-refractivity contribution in [2.75, 3.05) is 5.32 Å². The average molecular weight is 227 g/mol.